The first-order chi connectivity index (χ1) is 15.6. The van der Waals surface area contributed by atoms with E-state index in [1.54, 1.807) is 37.5 Å². The summed E-state index contributed by atoms with van der Waals surface area (Å²) < 4.78 is 46.1. The lowest BCUT2D eigenvalue weighted by Gasteiger charge is -2.41. The van der Waals surface area contributed by atoms with Crippen molar-refractivity contribution in [1.29, 1.82) is 0 Å². The van der Waals surface area contributed by atoms with Crippen LogP contribution in [0.5, 0.6) is 5.75 Å². The highest BCUT2D eigenvalue weighted by molar-refractivity contribution is 5.95. The summed E-state index contributed by atoms with van der Waals surface area (Å²) in [6, 6.07) is 3.58. The monoisotopic (exact) mass is 487 g/mol. The molecule has 0 spiro atoms. The Hall–Kier alpha value is -2.98. The Balaban J connectivity index is 2.02. The van der Waals surface area contributed by atoms with Crippen molar-refractivity contribution in [1.82, 2.24) is 15.1 Å². The van der Waals surface area contributed by atoms with Crippen LogP contribution in [0.4, 0.5) is 18.0 Å². The molecule has 11 heteroatoms. The Bertz CT molecular complexity index is 881. The van der Waals surface area contributed by atoms with Crippen LogP contribution in [0.3, 0.4) is 0 Å². The smallest absolute Gasteiger partial charge is 0.444 e. The number of carbonyl (C=O) groups excluding carboxylic acids is 3. The molecule has 0 unspecified atom stereocenters. The molecule has 0 bridgehead atoms. The second kappa shape index (κ2) is 10.5. The van der Waals surface area contributed by atoms with Crippen molar-refractivity contribution in [2.75, 3.05) is 19.6 Å². The summed E-state index contributed by atoms with van der Waals surface area (Å²) in [5, 5.41) is 2.64. The summed E-state index contributed by atoms with van der Waals surface area (Å²) in [6.07, 6.45) is -5.49. The van der Waals surface area contributed by atoms with Gasteiger partial charge in [0.05, 0.1) is 0 Å². The van der Waals surface area contributed by atoms with Gasteiger partial charge in [-0.2, -0.15) is 0 Å². The number of halogens is 3. The molecule has 1 aromatic rings. The van der Waals surface area contributed by atoms with Crippen LogP contribution < -0.4 is 10.1 Å². The number of amides is 3. The summed E-state index contributed by atoms with van der Waals surface area (Å²) >= 11 is 0. The number of hydrogen-bond donors (Lipinski definition) is 1. The van der Waals surface area contributed by atoms with Gasteiger partial charge in [-0.3, -0.25) is 9.59 Å². The van der Waals surface area contributed by atoms with Gasteiger partial charge in [-0.05, 0) is 57.9 Å². The van der Waals surface area contributed by atoms with Crippen LogP contribution in [0.1, 0.15) is 51.9 Å². The Morgan fingerprint density at radius 3 is 2.12 bits per heavy atom. The Morgan fingerprint density at radius 1 is 1.06 bits per heavy atom. The van der Waals surface area contributed by atoms with Crippen molar-refractivity contribution in [2.24, 2.45) is 5.92 Å². The molecule has 0 aromatic heterocycles. The maximum Gasteiger partial charge on any atom is 0.573 e. The molecular formula is C23H32F3N3O5. The van der Waals surface area contributed by atoms with Crippen LogP contribution in [0.2, 0.25) is 0 Å². The zero-order chi connectivity index (χ0) is 25.8. The van der Waals surface area contributed by atoms with Crippen LogP contribution in [-0.4, -0.2) is 71.4 Å². The summed E-state index contributed by atoms with van der Waals surface area (Å²) in [7, 11) is 0. The second-order valence-electron chi connectivity index (χ2n) is 9.57. The third-order valence-electron chi connectivity index (χ3n) is 5.14. The van der Waals surface area contributed by atoms with Crippen LogP contribution in [0.25, 0.3) is 0 Å². The molecule has 1 saturated heterocycles. The maximum absolute atomic E-state index is 13.1. The summed E-state index contributed by atoms with van der Waals surface area (Å²) in [5.41, 5.74) is -0.487. The number of carbonyl (C=O) groups is 3. The standard InChI is InChI=1S/C23H32F3N3O5/c1-14(2)18(27-21(32)34-22(4,5)6)20(31)28-11-12-29(15(3)13-28)19(30)16-7-9-17(10-8-16)33-23(24,25)26/h7-10,14-15,18H,11-13H2,1-6H3,(H,27,32)/t15-,18-/m0/s1. The minimum Gasteiger partial charge on any atom is -0.444 e. The van der Waals surface area contributed by atoms with Crippen LogP contribution in [0, 0.1) is 5.92 Å². The van der Waals surface area contributed by atoms with Gasteiger partial charge in [0.15, 0.2) is 0 Å². The third-order valence-corrected chi connectivity index (χ3v) is 5.14. The molecule has 1 fully saturated rings. The largest absolute Gasteiger partial charge is 0.573 e. The lowest BCUT2D eigenvalue weighted by Crippen LogP contribution is -2.60. The number of benzene rings is 1. The van der Waals surface area contributed by atoms with E-state index in [0.717, 1.165) is 12.1 Å². The second-order valence-corrected chi connectivity index (χ2v) is 9.57. The zero-order valence-electron chi connectivity index (χ0n) is 20.2. The first kappa shape index (κ1) is 27.3. The van der Waals surface area contributed by atoms with Crippen LogP contribution in [-0.2, 0) is 9.53 Å². The van der Waals surface area contributed by atoms with Gasteiger partial charge in [-0.25, -0.2) is 4.79 Å². The van der Waals surface area contributed by atoms with Crippen molar-refractivity contribution >= 4 is 17.9 Å². The van der Waals surface area contributed by atoms with Crippen molar-refractivity contribution in [3.8, 4) is 5.75 Å². The number of alkyl halides is 3. The van der Waals surface area contributed by atoms with E-state index in [9.17, 15) is 27.6 Å². The SMILES string of the molecule is CC(C)[C@H](NC(=O)OC(C)(C)C)C(=O)N1CCN(C(=O)c2ccc(OC(F)(F)F)cc2)[C@@H](C)C1. The number of rotatable bonds is 5. The van der Waals surface area contributed by atoms with Gasteiger partial charge in [-0.15, -0.1) is 13.2 Å². The van der Waals surface area contributed by atoms with Crippen molar-refractivity contribution in [2.45, 2.75) is 65.6 Å². The highest BCUT2D eigenvalue weighted by Crippen LogP contribution is 2.24. The van der Waals surface area contributed by atoms with Gasteiger partial charge in [0.2, 0.25) is 5.91 Å². The number of nitrogens with zero attached hydrogens (tertiary/aromatic N) is 2. The fourth-order valence-corrected chi connectivity index (χ4v) is 3.57. The van der Waals surface area contributed by atoms with Crippen molar-refractivity contribution in [3.63, 3.8) is 0 Å². The molecule has 8 nitrogen and oxygen atoms in total. The third kappa shape index (κ3) is 7.81. The minimum atomic E-state index is -4.81. The highest BCUT2D eigenvalue weighted by atomic mass is 19.4. The number of ether oxygens (including phenoxy) is 2. The number of piperazine rings is 1. The molecule has 34 heavy (non-hydrogen) atoms. The first-order valence-corrected chi connectivity index (χ1v) is 11.0. The molecule has 1 aromatic carbocycles. The van der Waals surface area contributed by atoms with Crippen molar-refractivity contribution in [3.05, 3.63) is 29.8 Å². The van der Waals surface area contributed by atoms with Gasteiger partial charge < -0.3 is 24.6 Å². The molecular weight excluding hydrogens is 455 g/mol. The van der Waals surface area contributed by atoms with Gasteiger partial charge in [0, 0.05) is 31.2 Å². The highest BCUT2D eigenvalue weighted by Gasteiger charge is 2.36. The van der Waals surface area contributed by atoms with Gasteiger partial charge in [0.25, 0.3) is 5.91 Å². The Labute approximate surface area is 197 Å². The zero-order valence-corrected chi connectivity index (χ0v) is 20.2. The van der Waals surface area contributed by atoms with E-state index >= 15 is 0 Å². The Kier molecular flexibility index (Phi) is 8.44. The first-order valence-electron chi connectivity index (χ1n) is 11.0. The molecule has 2 atom stereocenters. The molecule has 2 rings (SSSR count). The fourth-order valence-electron chi connectivity index (χ4n) is 3.57. The number of alkyl carbamates (subject to hydrolysis) is 1. The summed E-state index contributed by atoms with van der Waals surface area (Å²) in [6.45, 7) is 11.3. The van der Waals surface area contributed by atoms with E-state index in [2.05, 4.69) is 10.1 Å². The minimum absolute atomic E-state index is 0.188. The van der Waals surface area contributed by atoms with E-state index in [-0.39, 0.29) is 49.0 Å². The Morgan fingerprint density at radius 2 is 1.65 bits per heavy atom. The number of hydrogen-bond acceptors (Lipinski definition) is 5. The lowest BCUT2D eigenvalue weighted by atomic mass is 10.0. The van der Waals surface area contributed by atoms with E-state index < -0.39 is 29.8 Å². The molecule has 1 aliphatic rings. The molecule has 1 N–H and O–H groups in total. The van der Waals surface area contributed by atoms with Gasteiger partial charge in [-0.1, -0.05) is 13.8 Å². The fraction of sp³-hybridized carbons (Fsp3) is 0.609. The number of nitrogens with one attached hydrogen (secondary N) is 1. The normalized spacial score (nSPS) is 17.9. The van der Waals surface area contributed by atoms with Crippen molar-refractivity contribution < 1.29 is 37.0 Å². The molecule has 1 heterocycles. The topological polar surface area (TPSA) is 88.2 Å². The van der Waals surface area contributed by atoms with Gasteiger partial charge in [0.1, 0.15) is 17.4 Å². The van der Waals surface area contributed by atoms with Crippen LogP contribution in [0.15, 0.2) is 24.3 Å². The average molecular weight is 488 g/mol. The predicted octanol–water partition coefficient (Wildman–Crippen LogP) is 3.81. The lowest BCUT2D eigenvalue weighted by molar-refractivity contribution is -0.274. The van der Waals surface area contributed by atoms with Crippen LogP contribution >= 0.6 is 0 Å². The maximum atomic E-state index is 13.1. The van der Waals surface area contributed by atoms with E-state index in [4.69, 9.17) is 4.74 Å². The molecule has 0 aliphatic carbocycles. The molecule has 190 valence electrons. The summed E-state index contributed by atoms with van der Waals surface area (Å²) in [4.78, 5) is 41.4. The summed E-state index contributed by atoms with van der Waals surface area (Å²) in [5.74, 6) is -1.23. The van der Waals surface area contributed by atoms with Gasteiger partial charge >= 0.3 is 12.5 Å². The van der Waals surface area contributed by atoms with E-state index in [0.29, 0.717) is 0 Å². The molecule has 3 amide bonds. The average Bonchev–Trinajstić information content (AvgIpc) is 2.69. The quantitative estimate of drug-likeness (QED) is 0.683. The molecule has 1 aliphatic heterocycles. The predicted molar refractivity (Wildman–Crippen MR) is 118 cm³/mol. The van der Waals surface area contributed by atoms with E-state index in [1.807, 2.05) is 13.8 Å². The molecule has 0 radical (unpaired) electrons. The molecule has 0 saturated carbocycles. The van der Waals surface area contributed by atoms with E-state index in [1.165, 1.54) is 12.1 Å².